The van der Waals surface area contributed by atoms with E-state index in [2.05, 4.69) is 46.2 Å². The van der Waals surface area contributed by atoms with Crippen molar-refractivity contribution in [2.45, 2.75) is 44.8 Å². The van der Waals surface area contributed by atoms with Gasteiger partial charge >= 0.3 is 0 Å². The molecule has 1 aromatic rings. The molecule has 2 unspecified atom stereocenters. The molecule has 1 aromatic heterocycles. The van der Waals surface area contributed by atoms with Gasteiger partial charge in [-0.1, -0.05) is 6.92 Å². The predicted octanol–water partition coefficient (Wildman–Crippen LogP) is 1.86. The monoisotopic (exact) mass is 274 g/mol. The minimum absolute atomic E-state index is 0.710. The van der Waals surface area contributed by atoms with E-state index in [0.717, 1.165) is 38.0 Å². The molecule has 0 aliphatic carbocycles. The summed E-state index contributed by atoms with van der Waals surface area (Å²) < 4.78 is 0. The molecular weight excluding hydrogens is 248 g/mol. The quantitative estimate of drug-likeness (QED) is 0.908. The largest absolute Gasteiger partial charge is 0.355 e. The van der Waals surface area contributed by atoms with Gasteiger partial charge in [0.2, 0.25) is 0 Å². The number of hydrogen-bond acceptors (Lipinski definition) is 4. The third-order valence-corrected chi connectivity index (χ3v) is 4.86. The molecule has 0 spiro atoms. The summed E-state index contributed by atoms with van der Waals surface area (Å²) in [5, 5.41) is 3.39. The summed E-state index contributed by atoms with van der Waals surface area (Å²) in [6.45, 7) is 6.36. The molecule has 110 valence electrons. The molecule has 1 N–H and O–H groups in total. The summed E-state index contributed by atoms with van der Waals surface area (Å²) >= 11 is 0. The van der Waals surface area contributed by atoms with Gasteiger partial charge in [-0.3, -0.25) is 4.90 Å². The Kier molecular flexibility index (Phi) is 4.22. The molecule has 2 fully saturated rings. The van der Waals surface area contributed by atoms with Gasteiger partial charge in [0.1, 0.15) is 5.82 Å². The van der Waals surface area contributed by atoms with Crippen molar-refractivity contribution in [2.75, 3.05) is 31.6 Å². The molecule has 3 rings (SSSR count). The van der Waals surface area contributed by atoms with Crippen molar-refractivity contribution in [1.29, 1.82) is 0 Å². The molecule has 4 nitrogen and oxygen atoms in total. The Bertz CT molecular complexity index is 448. The maximum atomic E-state index is 4.60. The van der Waals surface area contributed by atoms with Gasteiger partial charge in [-0.05, 0) is 50.6 Å². The van der Waals surface area contributed by atoms with Crippen LogP contribution in [0.3, 0.4) is 0 Å². The number of likely N-dealkylation sites (N-methyl/N-ethyl adjacent to an activating group) is 1. The standard InChI is InChI=1S/C16H26N4/c1-3-17-11-13-6-8-18-16(10-13)20-9-7-14-4-5-15(12-20)19(14)2/h6,8,10,14-15,17H,3-5,7,9,11-12H2,1-2H3. The number of pyridine rings is 1. The first-order valence-corrected chi connectivity index (χ1v) is 7.90. The summed E-state index contributed by atoms with van der Waals surface area (Å²) in [6, 6.07) is 5.86. The number of aromatic nitrogens is 1. The van der Waals surface area contributed by atoms with Crippen LogP contribution in [-0.4, -0.2) is 48.6 Å². The van der Waals surface area contributed by atoms with Crippen LogP contribution in [0.1, 0.15) is 31.7 Å². The van der Waals surface area contributed by atoms with Gasteiger partial charge in [-0.2, -0.15) is 0 Å². The fraction of sp³-hybridized carbons (Fsp3) is 0.688. The maximum absolute atomic E-state index is 4.60. The Morgan fingerprint density at radius 2 is 2.15 bits per heavy atom. The fourth-order valence-corrected chi connectivity index (χ4v) is 3.53. The molecule has 0 amide bonds. The van der Waals surface area contributed by atoms with Crippen LogP contribution < -0.4 is 10.2 Å². The van der Waals surface area contributed by atoms with Crippen molar-refractivity contribution in [1.82, 2.24) is 15.2 Å². The summed E-state index contributed by atoms with van der Waals surface area (Å²) in [7, 11) is 2.29. The molecule has 3 heterocycles. The average Bonchev–Trinajstić information content (AvgIpc) is 2.70. The van der Waals surface area contributed by atoms with E-state index in [9.17, 15) is 0 Å². The van der Waals surface area contributed by atoms with E-state index in [1.54, 1.807) is 0 Å². The zero-order chi connectivity index (χ0) is 13.9. The average molecular weight is 274 g/mol. The van der Waals surface area contributed by atoms with Crippen LogP contribution in [0.25, 0.3) is 0 Å². The minimum Gasteiger partial charge on any atom is -0.355 e. The van der Waals surface area contributed by atoms with E-state index in [-0.39, 0.29) is 0 Å². The highest BCUT2D eigenvalue weighted by molar-refractivity contribution is 5.41. The normalized spacial score (nSPS) is 26.8. The van der Waals surface area contributed by atoms with E-state index in [1.165, 1.54) is 24.8 Å². The maximum Gasteiger partial charge on any atom is 0.128 e. The smallest absolute Gasteiger partial charge is 0.128 e. The van der Waals surface area contributed by atoms with E-state index in [4.69, 9.17) is 0 Å². The third-order valence-electron chi connectivity index (χ3n) is 4.86. The van der Waals surface area contributed by atoms with Crippen molar-refractivity contribution < 1.29 is 0 Å². The summed E-state index contributed by atoms with van der Waals surface area (Å²) in [4.78, 5) is 9.67. The lowest BCUT2D eigenvalue weighted by Gasteiger charge is -2.27. The molecular formula is C16H26N4. The molecule has 2 saturated heterocycles. The van der Waals surface area contributed by atoms with Crippen LogP contribution in [-0.2, 0) is 6.54 Å². The van der Waals surface area contributed by atoms with Gasteiger partial charge in [0.15, 0.2) is 0 Å². The predicted molar refractivity (Wildman–Crippen MR) is 83.0 cm³/mol. The van der Waals surface area contributed by atoms with Crippen LogP contribution in [0.4, 0.5) is 5.82 Å². The van der Waals surface area contributed by atoms with Gasteiger partial charge in [0.25, 0.3) is 0 Å². The Balaban J connectivity index is 1.72. The van der Waals surface area contributed by atoms with Gasteiger partial charge < -0.3 is 10.2 Å². The second-order valence-electron chi connectivity index (χ2n) is 6.09. The molecule has 0 aromatic carbocycles. The Morgan fingerprint density at radius 1 is 1.30 bits per heavy atom. The molecule has 20 heavy (non-hydrogen) atoms. The second-order valence-corrected chi connectivity index (χ2v) is 6.09. The highest BCUT2D eigenvalue weighted by Gasteiger charge is 2.34. The number of anilines is 1. The topological polar surface area (TPSA) is 31.4 Å². The lowest BCUT2D eigenvalue weighted by atomic mass is 10.1. The lowest BCUT2D eigenvalue weighted by Crippen LogP contribution is -2.37. The fourth-order valence-electron chi connectivity index (χ4n) is 3.53. The summed E-state index contributed by atoms with van der Waals surface area (Å²) in [5.74, 6) is 1.15. The molecule has 2 aliphatic heterocycles. The minimum atomic E-state index is 0.710. The van der Waals surface area contributed by atoms with Crippen LogP contribution in [0, 0.1) is 0 Å². The number of rotatable bonds is 4. The highest BCUT2D eigenvalue weighted by Crippen LogP contribution is 2.30. The van der Waals surface area contributed by atoms with E-state index in [1.807, 2.05) is 6.20 Å². The van der Waals surface area contributed by atoms with Crippen molar-refractivity contribution in [3.8, 4) is 0 Å². The molecule has 2 aliphatic rings. The molecule has 4 heteroatoms. The Labute approximate surface area is 122 Å². The first-order valence-electron chi connectivity index (χ1n) is 7.90. The van der Waals surface area contributed by atoms with Gasteiger partial charge in [0.05, 0.1) is 0 Å². The third kappa shape index (κ3) is 2.81. The zero-order valence-electron chi connectivity index (χ0n) is 12.7. The first kappa shape index (κ1) is 13.8. The van der Waals surface area contributed by atoms with Crippen molar-refractivity contribution in [3.63, 3.8) is 0 Å². The van der Waals surface area contributed by atoms with Crippen LogP contribution >= 0.6 is 0 Å². The van der Waals surface area contributed by atoms with E-state index in [0.29, 0.717) is 6.04 Å². The molecule has 0 radical (unpaired) electrons. The second kappa shape index (κ2) is 6.10. The number of nitrogens with zero attached hydrogens (tertiary/aromatic N) is 3. The lowest BCUT2D eigenvalue weighted by molar-refractivity contribution is 0.254. The van der Waals surface area contributed by atoms with Crippen LogP contribution in [0.5, 0.6) is 0 Å². The van der Waals surface area contributed by atoms with Gasteiger partial charge in [0, 0.05) is 37.9 Å². The van der Waals surface area contributed by atoms with Crippen molar-refractivity contribution in [2.24, 2.45) is 0 Å². The van der Waals surface area contributed by atoms with Gasteiger partial charge in [-0.25, -0.2) is 4.98 Å². The first-order chi connectivity index (χ1) is 9.78. The van der Waals surface area contributed by atoms with E-state index < -0.39 is 0 Å². The summed E-state index contributed by atoms with van der Waals surface area (Å²) in [5.41, 5.74) is 1.33. The number of hydrogen-bond donors (Lipinski definition) is 1. The number of nitrogens with one attached hydrogen (secondary N) is 1. The number of fused-ring (bicyclic) bond motifs is 2. The Hall–Kier alpha value is -1.13. The molecule has 2 bridgehead atoms. The van der Waals surface area contributed by atoms with Crippen molar-refractivity contribution >= 4 is 5.82 Å². The van der Waals surface area contributed by atoms with E-state index >= 15 is 0 Å². The highest BCUT2D eigenvalue weighted by atomic mass is 15.3. The van der Waals surface area contributed by atoms with Gasteiger partial charge in [-0.15, -0.1) is 0 Å². The molecule has 2 atom stereocenters. The van der Waals surface area contributed by atoms with Crippen LogP contribution in [0.15, 0.2) is 18.3 Å². The molecule has 0 saturated carbocycles. The zero-order valence-corrected chi connectivity index (χ0v) is 12.7. The summed E-state index contributed by atoms with van der Waals surface area (Å²) in [6.07, 6.45) is 5.94. The van der Waals surface area contributed by atoms with Crippen LogP contribution in [0.2, 0.25) is 0 Å². The SMILES string of the molecule is CCNCc1ccnc(N2CCC3CCC(C2)N3C)c1. The van der Waals surface area contributed by atoms with Crippen molar-refractivity contribution in [3.05, 3.63) is 23.9 Å². The Morgan fingerprint density at radius 3 is 3.00 bits per heavy atom.